The first-order chi connectivity index (χ1) is 15.6. The first kappa shape index (κ1) is 24.5. The van der Waals surface area contributed by atoms with Gasteiger partial charge in [0.25, 0.3) is 11.8 Å². The quantitative estimate of drug-likeness (QED) is 0.581. The number of furan rings is 1. The predicted molar refractivity (Wildman–Crippen MR) is 122 cm³/mol. The summed E-state index contributed by atoms with van der Waals surface area (Å²) in [5.74, 6) is -1.37. The van der Waals surface area contributed by atoms with Crippen molar-refractivity contribution in [1.82, 2.24) is 4.90 Å². The van der Waals surface area contributed by atoms with Crippen LogP contribution in [0.4, 0.5) is 5.69 Å². The normalized spacial score (nSPS) is 17.0. The standard InChI is InChI=1S/C23H28N2O7S/c1-15(2)12-25(18-8-10-33(29,30)14-18)21(26)13-32-23(28)17-7-6-16(3)19(11-17)24-22(27)20-5-4-9-31-20/h4-7,9,11,15,18H,8,10,12-14H2,1-3H3,(H,24,27)/t18-/m1/s1. The summed E-state index contributed by atoms with van der Waals surface area (Å²) >= 11 is 0. The number of rotatable bonds is 8. The van der Waals surface area contributed by atoms with E-state index < -0.39 is 40.3 Å². The topological polar surface area (TPSA) is 123 Å². The van der Waals surface area contributed by atoms with Crippen LogP contribution in [0.15, 0.2) is 41.0 Å². The molecule has 33 heavy (non-hydrogen) atoms. The summed E-state index contributed by atoms with van der Waals surface area (Å²) < 4.78 is 34.0. The number of aryl methyl sites for hydroxylation is 1. The van der Waals surface area contributed by atoms with Crippen LogP contribution >= 0.6 is 0 Å². The number of esters is 1. The molecule has 0 radical (unpaired) electrons. The van der Waals surface area contributed by atoms with E-state index in [0.29, 0.717) is 18.7 Å². The Morgan fingerprint density at radius 2 is 2.00 bits per heavy atom. The van der Waals surface area contributed by atoms with Gasteiger partial charge in [-0.1, -0.05) is 19.9 Å². The highest BCUT2D eigenvalue weighted by molar-refractivity contribution is 7.91. The number of hydrogen-bond donors (Lipinski definition) is 1. The molecule has 1 N–H and O–H groups in total. The van der Waals surface area contributed by atoms with Crippen molar-refractivity contribution in [3.63, 3.8) is 0 Å². The van der Waals surface area contributed by atoms with Crippen LogP contribution in [0.25, 0.3) is 0 Å². The maximum Gasteiger partial charge on any atom is 0.338 e. The number of carbonyl (C=O) groups is 3. The van der Waals surface area contributed by atoms with Gasteiger partial charge >= 0.3 is 5.97 Å². The summed E-state index contributed by atoms with van der Waals surface area (Å²) in [6, 6.07) is 7.37. The predicted octanol–water partition coefficient (Wildman–Crippen LogP) is 2.67. The Hall–Kier alpha value is -3.14. The van der Waals surface area contributed by atoms with Crippen LogP contribution in [0.2, 0.25) is 0 Å². The molecule has 2 aromatic rings. The van der Waals surface area contributed by atoms with Crippen LogP contribution < -0.4 is 5.32 Å². The SMILES string of the molecule is Cc1ccc(C(=O)OCC(=O)N(CC(C)C)[C@@H]2CCS(=O)(=O)C2)cc1NC(=O)c1ccco1. The molecule has 1 aromatic carbocycles. The molecule has 0 saturated carbocycles. The number of sulfone groups is 1. The third-order valence-corrected chi connectivity index (χ3v) is 7.07. The van der Waals surface area contributed by atoms with Gasteiger partial charge in [-0.05, 0) is 49.1 Å². The number of ether oxygens (including phenoxy) is 1. The molecule has 1 saturated heterocycles. The van der Waals surface area contributed by atoms with E-state index in [0.717, 1.165) is 5.56 Å². The van der Waals surface area contributed by atoms with Crippen molar-refractivity contribution in [2.24, 2.45) is 5.92 Å². The molecule has 0 unspecified atom stereocenters. The number of benzene rings is 1. The smallest absolute Gasteiger partial charge is 0.338 e. The molecule has 2 heterocycles. The second-order valence-electron chi connectivity index (χ2n) is 8.53. The van der Waals surface area contributed by atoms with Gasteiger partial charge in [-0.2, -0.15) is 0 Å². The molecule has 9 nitrogen and oxygen atoms in total. The van der Waals surface area contributed by atoms with Gasteiger partial charge < -0.3 is 19.4 Å². The van der Waals surface area contributed by atoms with Crippen LogP contribution in [0.3, 0.4) is 0 Å². The zero-order valence-corrected chi connectivity index (χ0v) is 19.7. The van der Waals surface area contributed by atoms with Gasteiger partial charge in [-0.3, -0.25) is 9.59 Å². The van der Waals surface area contributed by atoms with E-state index in [1.807, 2.05) is 13.8 Å². The summed E-state index contributed by atoms with van der Waals surface area (Å²) in [6.07, 6.45) is 1.77. The number of anilines is 1. The van der Waals surface area contributed by atoms with Crippen LogP contribution in [-0.2, 0) is 19.4 Å². The number of nitrogens with one attached hydrogen (secondary N) is 1. The third-order valence-electron chi connectivity index (χ3n) is 5.32. The summed E-state index contributed by atoms with van der Waals surface area (Å²) in [5, 5.41) is 2.68. The minimum atomic E-state index is -3.16. The molecule has 178 valence electrons. The first-order valence-electron chi connectivity index (χ1n) is 10.7. The van der Waals surface area contributed by atoms with Crippen LogP contribution in [-0.4, -0.2) is 61.8 Å². The zero-order chi connectivity index (χ0) is 24.2. The summed E-state index contributed by atoms with van der Waals surface area (Å²) in [5.41, 5.74) is 1.31. The lowest BCUT2D eigenvalue weighted by molar-refractivity contribution is -0.137. The monoisotopic (exact) mass is 476 g/mol. The third kappa shape index (κ3) is 6.44. The van der Waals surface area contributed by atoms with Gasteiger partial charge in [-0.15, -0.1) is 0 Å². The van der Waals surface area contributed by atoms with Gasteiger partial charge in [0.2, 0.25) is 0 Å². The van der Waals surface area contributed by atoms with Crippen molar-refractivity contribution in [2.45, 2.75) is 33.2 Å². The Bertz CT molecular complexity index is 1120. The Kier molecular flexibility index (Phi) is 7.57. The van der Waals surface area contributed by atoms with Crippen LogP contribution in [0.1, 0.15) is 46.7 Å². The van der Waals surface area contributed by atoms with E-state index in [4.69, 9.17) is 9.15 Å². The van der Waals surface area contributed by atoms with E-state index >= 15 is 0 Å². The van der Waals surface area contributed by atoms with Crippen molar-refractivity contribution in [3.05, 3.63) is 53.5 Å². The molecule has 0 bridgehead atoms. The van der Waals surface area contributed by atoms with Crippen LogP contribution in [0.5, 0.6) is 0 Å². The molecule has 1 aliphatic rings. The van der Waals surface area contributed by atoms with Gasteiger partial charge in [-0.25, -0.2) is 13.2 Å². The van der Waals surface area contributed by atoms with Gasteiger partial charge in [0.15, 0.2) is 22.2 Å². The first-order valence-corrected chi connectivity index (χ1v) is 12.5. The second-order valence-corrected chi connectivity index (χ2v) is 10.8. The fourth-order valence-corrected chi connectivity index (χ4v) is 5.37. The molecule has 2 amide bonds. The van der Waals surface area contributed by atoms with Crippen molar-refractivity contribution >= 4 is 33.3 Å². The summed E-state index contributed by atoms with van der Waals surface area (Å²) in [7, 11) is -3.16. The maximum atomic E-state index is 12.8. The van der Waals surface area contributed by atoms with E-state index in [1.165, 1.54) is 23.3 Å². The van der Waals surface area contributed by atoms with Crippen LogP contribution in [0, 0.1) is 12.8 Å². The Labute approximate surface area is 193 Å². The fourth-order valence-electron chi connectivity index (χ4n) is 3.64. The molecule has 10 heteroatoms. The molecule has 1 aromatic heterocycles. The number of carbonyl (C=O) groups excluding carboxylic acids is 3. The average molecular weight is 477 g/mol. The molecule has 3 rings (SSSR count). The maximum absolute atomic E-state index is 12.8. The largest absolute Gasteiger partial charge is 0.459 e. The van der Waals surface area contributed by atoms with E-state index in [2.05, 4.69) is 5.32 Å². The average Bonchev–Trinajstić information content (AvgIpc) is 3.41. The molecule has 0 spiro atoms. The lowest BCUT2D eigenvalue weighted by atomic mass is 10.1. The Morgan fingerprint density at radius 3 is 2.61 bits per heavy atom. The highest BCUT2D eigenvalue weighted by Gasteiger charge is 2.35. The summed E-state index contributed by atoms with van der Waals surface area (Å²) in [6.45, 7) is 5.52. The number of nitrogens with zero attached hydrogens (tertiary/aromatic N) is 1. The molecular formula is C23H28N2O7S. The van der Waals surface area contributed by atoms with Crippen molar-refractivity contribution < 1.29 is 32.0 Å². The van der Waals surface area contributed by atoms with Crippen molar-refractivity contribution in [3.8, 4) is 0 Å². The van der Waals surface area contributed by atoms with E-state index in [1.54, 1.807) is 25.1 Å². The molecule has 0 aliphatic carbocycles. The molecule has 1 fully saturated rings. The van der Waals surface area contributed by atoms with Crippen molar-refractivity contribution in [1.29, 1.82) is 0 Å². The Balaban J connectivity index is 1.65. The van der Waals surface area contributed by atoms with E-state index in [-0.39, 0.29) is 28.7 Å². The molecule has 1 aliphatic heterocycles. The van der Waals surface area contributed by atoms with Gasteiger partial charge in [0, 0.05) is 18.3 Å². The van der Waals surface area contributed by atoms with Crippen molar-refractivity contribution in [2.75, 3.05) is 30.0 Å². The minimum absolute atomic E-state index is 0.0508. The number of hydrogen-bond acceptors (Lipinski definition) is 7. The second kappa shape index (κ2) is 10.2. The highest BCUT2D eigenvalue weighted by Crippen LogP contribution is 2.21. The minimum Gasteiger partial charge on any atom is -0.459 e. The fraction of sp³-hybridized carbons (Fsp3) is 0.435. The van der Waals surface area contributed by atoms with Gasteiger partial charge in [0.05, 0.1) is 23.3 Å². The molecular weight excluding hydrogens is 448 g/mol. The number of amides is 2. The highest BCUT2D eigenvalue weighted by atomic mass is 32.2. The van der Waals surface area contributed by atoms with Gasteiger partial charge in [0.1, 0.15) is 0 Å². The summed E-state index contributed by atoms with van der Waals surface area (Å²) in [4.78, 5) is 39.1. The zero-order valence-electron chi connectivity index (χ0n) is 18.9. The Morgan fingerprint density at radius 1 is 1.24 bits per heavy atom. The van der Waals surface area contributed by atoms with E-state index in [9.17, 15) is 22.8 Å². The molecule has 1 atom stereocenters. The lowest BCUT2D eigenvalue weighted by Gasteiger charge is -2.29. The lowest BCUT2D eigenvalue weighted by Crippen LogP contribution is -2.45.